The van der Waals surface area contributed by atoms with Gasteiger partial charge in [-0.3, -0.25) is 9.78 Å². The smallest absolute Gasteiger partial charge is 0.338 e. The quantitative estimate of drug-likeness (QED) is 0.228. The fourth-order valence-corrected chi connectivity index (χ4v) is 6.01. The first-order chi connectivity index (χ1) is 19.7. The molecule has 4 rings (SSSR count). The number of nitrogens with zero attached hydrogens (tertiary/aromatic N) is 3. The van der Waals surface area contributed by atoms with E-state index in [9.17, 15) is 28.4 Å². The highest BCUT2D eigenvalue weighted by Gasteiger charge is 2.43. The van der Waals surface area contributed by atoms with Crippen LogP contribution in [0.2, 0.25) is 0 Å². The number of aromatic nitrogens is 1. The number of amides is 3. The molecule has 3 amide bonds. The summed E-state index contributed by atoms with van der Waals surface area (Å²) in [5.41, 5.74) is 0.945. The second-order valence-corrected chi connectivity index (χ2v) is 11.0. The van der Waals surface area contributed by atoms with Crippen molar-refractivity contribution in [3.8, 4) is 0 Å². The number of nitrogens with one attached hydrogen (secondary N) is 1. The normalized spacial score (nSPS) is 22.3. The minimum Gasteiger partial charge on any atom is -0.466 e. The van der Waals surface area contributed by atoms with E-state index in [0.717, 1.165) is 54.4 Å². The number of hydrogen-bond acceptors (Lipinski definition) is 8. The lowest BCUT2D eigenvalue weighted by Gasteiger charge is -2.37. The van der Waals surface area contributed by atoms with Crippen molar-refractivity contribution in [2.45, 2.75) is 38.6 Å². The lowest BCUT2D eigenvalue weighted by atomic mass is 9.92. The highest BCUT2D eigenvalue weighted by molar-refractivity contribution is 8.13. The molecule has 0 aliphatic carbocycles. The number of carbonyl (C=O) groups is 3. The Bertz CT molecular complexity index is 1300. The summed E-state index contributed by atoms with van der Waals surface area (Å²) in [7, 11) is 2.48. The zero-order chi connectivity index (χ0) is 29.6. The van der Waals surface area contributed by atoms with Crippen molar-refractivity contribution in [1.82, 2.24) is 15.2 Å². The number of esters is 1. The summed E-state index contributed by atoms with van der Waals surface area (Å²) in [5, 5.41) is 12.8. The number of imide groups is 1. The fraction of sp³-hybridized carbons (Fsp3) is 0.448. The zero-order valence-corrected chi connectivity index (χ0v) is 23.7. The molecule has 1 saturated heterocycles. The van der Waals surface area contributed by atoms with Gasteiger partial charge in [-0.1, -0.05) is 31.3 Å². The number of halogens is 2. The average Bonchev–Trinajstić information content (AvgIpc) is 2.97. The van der Waals surface area contributed by atoms with Crippen molar-refractivity contribution in [3.05, 3.63) is 76.8 Å². The van der Waals surface area contributed by atoms with Crippen molar-refractivity contribution < 1.29 is 42.5 Å². The first-order valence-corrected chi connectivity index (χ1v) is 14.2. The van der Waals surface area contributed by atoms with Crippen molar-refractivity contribution in [3.63, 3.8) is 0 Å². The molecule has 2 aliphatic heterocycles. The Kier molecular flexibility index (Phi) is 11.6. The van der Waals surface area contributed by atoms with Crippen LogP contribution >= 0.6 is 11.8 Å². The van der Waals surface area contributed by atoms with Crippen LogP contribution in [0, 0.1) is 11.6 Å². The van der Waals surface area contributed by atoms with E-state index >= 15 is 0 Å². The van der Waals surface area contributed by atoms with Gasteiger partial charge >= 0.3 is 12.0 Å². The topological polar surface area (TPSA) is 118 Å². The van der Waals surface area contributed by atoms with Gasteiger partial charge in [0.2, 0.25) is 0 Å². The van der Waals surface area contributed by atoms with Gasteiger partial charge in [0.25, 0.3) is 5.24 Å². The van der Waals surface area contributed by atoms with E-state index in [4.69, 9.17) is 9.47 Å². The molecule has 2 aromatic rings. The van der Waals surface area contributed by atoms with E-state index in [0.29, 0.717) is 26.1 Å². The molecule has 0 saturated carbocycles. The van der Waals surface area contributed by atoms with E-state index in [1.807, 2.05) is 18.2 Å². The summed E-state index contributed by atoms with van der Waals surface area (Å²) in [6.07, 6.45) is 3.81. The van der Waals surface area contributed by atoms with Crippen LogP contribution in [-0.4, -0.2) is 83.2 Å². The Labute approximate surface area is 248 Å². The zero-order valence-electron chi connectivity index (χ0n) is 22.8. The maximum atomic E-state index is 14.2. The number of benzene rings is 1. The summed E-state index contributed by atoms with van der Waals surface area (Å²) < 4.78 is 37.8. The van der Waals surface area contributed by atoms with E-state index < -0.39 is 34.9 Å². The number of quaternary nitrogens is 1. The first-order valence-electron chi connectivity index (χ1n) is 13.2. The van der Waals surface area contributed by atoms with Crippen LogP contribution in [0.4, 0.5) is 18.4 Å². The molecular formula is C29H37F2N4O6S+. The van der Waals surface area contributed by atoms with Crippen LogP contribution in [-0.2, 0) is 14.3 Å². The summed E-state index contributed by atoms with van der Waals surface area (Å²) in [5.74, 6) is -2.62. The predicted molar refractivity (Wildman–Crippen MR) is 152 cm³/mol. The van der Waals surface area contributed by atoms with Crippen LogP contribution in [0.5, 0.6) is 0 Å². The monoisotopic (exact) mass is 607 g/mol. The van der Waals surface area contributed by atoms with Gasteiger partial charge in [0.1, 0.15) is 25.7 Å². The number of pyridine rings is 1. The highest BCUT2D eigenvalue weighted by atomic mass is 32.2. The van der Waals surface area contributed by atoms with E-state index in [2.05, 4.69) is 10.3 Å². The average molecular weight is 608 g/mol. The molecule has 3 heterocycles. The van der Waals surface area contributed by atoms with Gasteiger partial charge in [-0.15, -0.1) is 0 Å². The molecule has 42 heavy (non-hydrogen) atoms. The number of thioether (sulfide) groups is 1. The van der Waals surface area contributed by atoms with Crippen LogP contribution in [0.15, 0.2) is 53.9 Å². The molecule has 1 unspecified atom stereocenters. The maximum absolute atomic E-state index is 14.2. The molecule has 2 N–H and O–H groups in total. The summed E-state index contributed by atoms with van der Waals surface area (Å²) in [6.45, 7) is 1.34. The lowest BCUT2D eigenvalue weighted by Crippen LogP contribution is -2.51. The number of urea groups is 1. The van der Waals surface area contributed by atoms with Gasteiger partial charge in [-0.25, -0.2) is 28.5 Å². The molecule has 228 valence electrons. The number of hydrogen-bond donors (Lipinski definition) is 2. The third-order valence-electron chi connectivity index (χ3n) is 7.32. The third kappa shape index (κ3) is 7.51. The van der Waals surface area contributed by atoms with E-state index in [1.54, 1.807) is 6.20 Å². The minimum absolute atomic E-state index is 0. The van der Waals surface area contributed by atoms with Gasteiger partial charge < -0.3 is 14.8 Å². The number of hydroxylamine groups is 3. The molecule has 1 aromatic heterocycles. The van der Waals surface area contributed by atoms with Crippen LogP contribution in [0.25, 0.3) is 0 Å². The van der Waals surface area contributed by atoms with Crippen LogP contribution in [0.1, 0.15) is 49.9 Å². The summed E-state index contributed by atoms with van der Waals surface area (Å²) >= 11 is 0.834. The number of likely N-dealkylation sites (tertiary alicyclic amines) is 1. The Morgan fingerprint density at radius 3 is 2.52 bits per heavy atom. The predicted octanol–water partition coefficient (Wildman–Crippen LogP) is 5.16. The Balaban J connectivity index is 0.00000484. The van der Waals surface area contributed by atoms with Crippen molar-refractivity contribution >= 4 is 29.0 Å². The fourth-order valence-electron chi connectivity index (χ4n) is 5.23. The molecule has 10 nitrogen and oxygen atoms in total. The lowest BCUT2D eigenvalue weighted by molar-refractivity contribution is -1.10. The second-order valence-electron chi connectivity index (χ2n) is 9.96. The number of rotatable bonds is 9. The van der Waals surface area contributed by atoms with Gasteiger partial charge in [0.05, 0.1) is 25.0 Å². The molecule has 13 heteroatoms. The van der Waals surface area contributed by atoms with Crippen LogP contribution in [0.3, 0.4) is 0 Å². The second kappa shape index (κ2) is 14.7. The third-order valence-corrected chi connectivity index (χ3v) is 8.26. The summed E-state index contributed by atoms with van der Waals surface area (Å²) in [4.78, 5) is 44.5. The minimum atomic E-state index is -1.38. The molecular weight excluding hydrogens is 570 g/mol. The highest BCUT2D eigenvalue weighted by Crippen LogP contribution is 2.37. The first kappa shape index (κ1) is 33.1. The van der Waals surface area contributed by atoms with Gasteiger partial charge in [-0.05, 0) is 29.8 Å². The van der Waals surface area contributed by atoms with Crippen molar-refractivity contribution in [2.75, 3.05) is 46.2 Å². The number of ether oxygens (including phenoxy) is 2. The molecule has 1 aromatic carbocycles. The Hall–Kier alpha value is -3.39. The number of methoxy groups -OCH3 is 2. The van der Waals surface area contributed by atoms with Gasteiger partial charge in [0.15, 0.2) is 11.6 Å². The SMILES string of the molecule is C.COCC1=C(C(=O)OC)C(c2ccc(F)c(F)c2)N(C(=O)SCCC[N+]2(O)CCC(c3ccccn3)CC2)C(=O)N1. The number of piperidine rings is 1. The van der Waals surface area contributed by atoms with Gasteiger partial charge in [0, 0.05) is 49.9 Å². The van der Waals surface area contributed by atoms with E-state index in [1.165, 1.54) is 13.2 Å². The summed E-state index contributed by atoms with van der Waals surface area (Å²) in [6, 6.07) is 6.49. The molecule has 1 fully saturated rings. The Morgan fingerprint density at radius 1 is 1.17 bits per heavy atom. The van der Waals surface area contributed by atoms with Crippen molar-refractivity contribution in [2.24, 2.45) is 0 Å². The molecule has 1 atom stereocenters. The molecule has 0 bridgehead atoms. The van der Waals surface area contributed by atoms with E-state index in [-0.39, 0.29) is 47.2 Å². The van der Waals surface area contributed by atoms with Crippen molar-refractivity contribution in [1.29, 1.82) is 0 Å². The number of carbonyl (C=O) groups excluding carboxylic acids is 3. The standard InChI is InChI=1S/C28H32F2N4O6S.CH4/c1-39-17-23-24(26(35)40-2)25(19-7-8-20(29)21(30)16-19)33(27(36)32-23)28(37)41-15-5-12-34(38)13-9-18(10-14-34)22-6-3-4-11-31-22;/h3-4,6-8,11,16,18,25,38H,5,9-10,12-15,17H2,1-2H3;1H4/p+1. The largest absolute Gasteiger partial charge is 0.466 e. The van der Waals surface area contributed by atoms with Crippen LogP contribution < -0.4 is 5.32 Å². The molecule has 2 aliphatic rings. The Morgan fingerprint density at radius 2 is 1.90 bits per heavy atom. The molecule has 0 spiro atoms. The van der Waals surface area contributed by atoms with Gasteiger partial charge in [-0.2, -0.15) is 4.65 Å². The molecule has 0 radical (unpaired) electrons. The maximum Gasteiger partial charge on any atom is 0.338 e.